The molecule has 4 heteroatoms. The number of benzene rings is 12. The highest BCUT2D eigenvalue weighted by molar-refractivity contribution is 7.99. The van der Waals surface area contributed by atoms with Crippen molar-refractivity contribution in [2.75, 3.05) is 4.90 Å². The molecule has 12 aromatic carbocycles. The van der Waals surface area contributed by atoms with Gasteiger partial charge in [-0.25, -0.2) is 0 Å². The maximum absolute atomic E-state index is 7.32. The van der Waals surface area contributed by atoms with Gasteiger partial charge in [-0.05, 0) is 139 Å². The number of anilines is 3. The number of hydrogen-bond acceptors (Lipinski definition) is 4. The molecule has 344 valence electrons. The molecule has 0 saturated carbocycles. The molecule has 2 spiro atoms. The molecule has 17 rings (SSSR count). The van der Waals surface area contributed by atoms with Gasteiger partial charge in [-0.15, -0.1) is 11.3 Å². The molecule has 0 bridgehead atoms. The van der Waals surface area contributed by atoms with Gasteiger partial charge in [0.1, 0.15) is 11.5 Å². The van der Waals surface area contributed by atoms with Crippen LogP contribution in [-0.4, -0.2) is 0 Å². The van der Waals surface area contributed by atoms with Crippen molar-refractivity contribution in [3.8, 4) is 33.8 Å². The highest BCUT2D eigenvalue weighted by Gasteiger charge is 2.53. The molecule has 2 aliphatic heterocycles. The fourth-order valence-electron chi connectivity index (χ4n) is 13.8. The van der Waals surface area contributed by atoms with Crippen LogP contribution in [0.3, 0.4) is 0 Å². The van der Waals surface area contributed by atoms with E-state index in [1.807, 2.05) is 23.1 Å². The van der Waals surface area contributed by atoms with E-state index in [0.29, 0.717) is 0 Å². The standard InChI is InChI=1S/C70H41NOS2/c1-2-18-44-39-66-59(38-43(44)17-1)70(55-27-12-7-22-50(55)51-23-8-13-28-56(51)70)60-41-46(34-37-64(60)74-66)71(61-29-15-31-65-67(61)52-24-9-14-30-63(52)73-65)45-33-36-62-58(40-45)69(57-35-32-42-16-3-4-19-47(42)68(57)72-62)53-25-10-5-20-48(53)49-21-6-11-26-54(49)69/h1-41H. The lowest BCUT2D eigenvalue weighted by molar-refractivity contribution is 0.442. The number of rotatable bonds is 3. The van der Waals surface area contributed by atoms with E-state index < -0.39 is 10.8 Å². The lowest BCUT2D eigenvalue weighted by Crippen LogP contribution is -2.33. The van der Waals surface area contributed by atoms with E-state index in [9.17, 15) is 0 Å². The zero-order valence-electron chi connectivity index (χ0n) is 39.8. The van der Waals surface area contributed by atoms with Crippen LogP contribution >= 0.6 is 23.1 Å². The van der Waals surface area contributed by atoms with Crippen LogP contribution in [0.4, 0.5) is 17.1 Å². The average Bonchev–Trinajstić information content (AvgIpc) is 4.09. The second-order valence-electron chi connectivity index (χ2n) is 20.2. The third-order valence-corrected chi connectivity index (χ3v) is 19.0. The van der Waals surface area contributed by atoms with E-state index in [1.54, 1.807) is 0 Å². The molecular weight excluding hydrogens is 935 g/mol. The Bertz CT molecular complexity index is 4390. The molecule has 74 heavy (non-hydrogen) atoms. The van der Waals surface area contributed by atoms with Gasteiger partial charge in [0.2, 0.25) is 0 Å². The minimum absolute atomic E-state index is 0.576. The summed E-state index contributed by atoms with van der Waals surface area (Å²) in [5.74, 6) is 1.79. The van der Waals surface area contributed by atoms with Crippen LogP contribution in [0, 0.1) is 0 Å². The molecule has 2 nitrogen and oxygen atoms in total. The van der Waals surface area contributed by atoms with Crippen molar-refractivity contribution in [3.63, 3.8) is 0 Å². The van der Waals surface area contributed by atoms with E-state index in [-0.39, 0.29) is 0 Å². The molecule has 0 radical (unpaired) electrons. The lowest BCUT2D eigenvalue weighted by Gasteiger charge is -2.41. The van der Waals surface area contributed by atoms with Gasteiger partial charge in [-0.3, -0.25) is 0 Å². The van der Waals surface area contributed by atoms with Crippen LogP contribution in [0.15, 0.2) is 259 Å². The summed E-state index contributed by atoms with van der Waals surface area (Å²) in [5, 5.41) is 7.29. The largest absolute Gasteiger partial charge is 0.456 e. The molecule has 0 unspecified atom stereocenters. The smallest absolute Gasteiger partial charge is 0.140 e. The maximum Gasteiger partial charge on any atom is 0.140 e. The predicted molar refractivity (Wildman–Crippen MR) is 308 cm³/mol. The Morgan fingerprint density at radius 3 is 1.55 bits per heavy atom. The first-order chi connectivity index (χ1) is 36.7. The number of fused-ring (bicyclic) bond motifs is 24. The van der Waals surface area contributed by atoms with Crippen molar-refractivity contribution in [1.82, 2.24) is 0 Å². The van der Waals surface area contributed by atoms with E-state index in [2.05, 4.69) is 254 Å². The number of nitrogens with zero attached hydrogens (tertiary/aromatic N) is 1. The summed E-state index contributed by atoms with van der Waals surface area (Å²) in [6, 6.07) is 93.6. The average molecular weight is 976 g/mol. The van der Waals surface area contributed by atoms with Gasteiger partial charge in [0.25, 0.3) is 0 Å². The van der Waals surface area contributed by atoms with Crippen molar-refractivity contribution < 1.29 is 4.74 Å². The molecule has 0 saturated heterocycles. The quantitative estimate of drug-likeness (QED) is 0.175. The lowest BCUT2D eigenvalue weighted by atomic mass is 9.65. The maximum atomic E-state index is 7.32. The first kappa shape index (κ1) is 40.9. The Kier molecular flexibility index (Phi) is 8.26. The SMILES string of the molecule is c1ccc2c(c1)-c1ccccc1C21c2cc(N(c3ccc4c(c3)C3(c5ccccc5-c5ccccc53)c3ccc5ccccc5c3O4)c3cccc4sc5ccccc5c34)ccc2Sc2cc3ccccc3cc21. The molecule has 0 atom stereocenters. The van der Waals surface area contributed by atoms with E-state index in [4.69, 9.17) is 4.74 Å². The van der Waals surface area contributed by atoms with Crippen molar-refractivity contribution in [1.29, 1.82) is 0 Å². The minimum Gasteiger partial charge on any atom is -0.456 e. The monoisotopic (exact) mass is 975 g/mol. The van der Waals surface area contributed by atoms with E-state index in [1.165, 1.54) is 96.4 Å². The number of hydrogen-bond donors (Lipinski definition) is 0. The summed E-state index contributed by atoms with van der Waals surface area (Å²) in [6.07, 6.45) is 0. The molecule has 1 aromatic heterocycles. The first-order valence-electron chi connectivity index (χ1n) is 25.5. The molecule has 0 N–H and O–H groups in total. The highest BCUT2D eigenvalue weighted by Crippen LogP contribution is 2.66. The molecular formula is C70H41NOS2. The Balaban J connectivity index is 0.974. The fourth-order valence-corrected chi connectivity index (χ4v) is 16.2. The van der Waals surface area contributed by atoms with Crippen LogP contribution in [-0.2, 0) is 10.8 Å². The van der Waals surface area contributed by atoms with Crippen LogP contribution in [0.1, 0.15) is 44.5 Å². The van der Waals surface area contributed by atoms with Gasteiger partial charge in [0, 0.05) is 57.9 Å². The predicted octanol–water partition coefficient (Wildman–Crippen LogP) is 19.1. The van der Waals surface area contributed by atoms with Gasteiger partial charge >= 0.3 is 0 Å². The second-order valence-corrected chi connectivity index (χ2v) is 22.4. The number of ether oxygens (including phenoxy) is 1. The Labute approximate surface area is 436 Å². The van der Waals surface area contributed by atoms with Gasteiger partial charge < -0.3 is 9.64 Å². The summed E-state index contributed by atoms with van der Waals surface area (Å²) in [6.45, 7) is 0. The zero-order chi connectivity index (χ0) is 48.3. The van der Waals surface area contributed by atoms with Gasteiger partial charge in [-0.1, -0.05) is 194 Å². The van der Waals surface area contributed by atoms with Crippen LogP contribution in [0.5, 0.6) is 11.5 Å². The van der Waals surface area contributed by atoms with Crippen LogP contribution in [0.25, 0.3) is 64.0 Å². The summed E-state index contributed by atoms with van der Waals surface area (Å²) in [7, 11) is 0. The molecule has 2 aliphatic carbocycles. The third kappa shape index (κ3) is 5.21. The topological polar surface area (TPSA) is 12.5 Å². The van der Waals surface area contributed by atoms with Gasteiger partial charge in [-0.2, -0.15) is 0 Å². The molecule has 0 amide bonds. The summed E-state index contributed by atoms with van der Waals surface area (Å²) < 4.78 is 9.85. The molecule has 4 aliphatic rings. The fraction of sp³-hybridized carbons (Fsp3) is 0.0286. The normalized spacial score (nSPS) is 14.5. The summed E-state index contributed by atoms with van der Waals surface area (Å²) in [4.78, 5) is 5.12. The van der Waals surface area contributed by atoms with Gasteiger partial charge in [0.05, 0.1) is 16.5 Å². The molecule has 3 heterocycles. The van der Waals surface area contributed by atoms with Crippen molar-refractivity contribution in [3.05, 3.63) is 293 Å². The second kappa shape index (κ2) is 15.0. The highest BCUT2D eigenvalue weighted by atomic mass is 32.2. The zero-order valence-corrected chi connectivity index (χ0v) is 41.5. The van der Waals surface area contributed by atoms with E-state index >= 15 is 0 Å². The molecule has 0 fully saturated rings. The Morgan fingerprint density at radius 2 is 0.865 bits per heavy atom. The minimum atomic E-state index is -0.663. The van der Waals surface area contributed by atoms with Crippen molar-refractivity contribution in [2.45, 2.75) is 20.6 Å². The van der Waals surface area contributed by atoms with E-state index in [0.717, 1.165) is 50.5 Å². The van der Waals surface area contributed by atoms with Gasteiger partial charge in [0.15, 0.2) is 0 Å². The van der Waals surface area contributed by atoms with Crippen molar-refractivity contribution in [2.24, 2.45) is 0 Å². The summed E-state index contributed by atoms with van der Waals surface area (Å²) in [5.41, 5.74) is 17.3. The van der Waals surface area contributed by atoms with Crippen molar-refractivity contribution >= 4 is 81.9 Å². The number of thiophene rings is 1. The first-order valence-corrected chi connectivity index (χ1v) is 27.1. The third-order valence-electron chi connectivity index (χ3n) is 16.7. The van der Waals surface area contributed by atoms with Crippen LogP contribution < -0.4 is 9.64 Å². The van der Waals surface area contributed by atoms with Crippen LogP contribution in [0.2, 0.25) is 0 Å². The Hall–Kier alpha value is -8.67. The Morgan fingerprint density at radius 1 is 0.338 bits per heavy atom. The molecule has 13 aromatic rings. The summed E-state index contributed by atoms with van der Waals surface area (Å²) >= 11 is 3.77.